The quantitative estimate of drug-likeness (QED) is 0.873. The van der Waals surface area contributed by atoms with Gasteiger partial charge in [-0.05, 0) is 48.9 Å². The normalized spacial score (nSPS) is 21.0. The largest absolute Gasteiger partial charge is 0.486 e. The van der Waals surface area contributed by atoms with E-state index in [4.69, 9.17) is 15.2 Å². The molecule has 1 aromatic carbocycles. The minimum Gasteiger partial charge on any atom is -0.486 e. The molecule has 0 amide bonds. The minimum atomic E-state index is 0.142. The van der Waals surface area contributed by atoms with Crippen LogP contribution in [0.15, 0.2) is 12.1 Å². The number of hydrogen-bond donors (Lipinski definition) is 1. The van der Waals surface area contributed by atoms with E-state index in [2.05, 4.69) is 19.1 Å². The van der Waals surface area contributed by atoms with E-state index in [-0.39, 0.29) is 6.04 Å². The van der Waals surface area contributed by atoms with E-state index in [0.717, 1.165) is 11.5 Å². The Balaban J connectivity index is 1.90. The van der Waals surface area contributed by atoms with Gasteiger partial charge in [0.1, 0.15) is 13.2 Å². The van der Waals surface area contributed by atoms with Gasteiger partial charge in [0, 0.05) is 6.04 Å². The molecule has 0 saturated heterocycles. The van der Waals surface area contributed by atoms with Gasteiger partial charge in [-0.2, -0.15) is 0 Å². The SMILES string of the molecule is Cc1cc2c(cc1C(N)C1CCCC1)OCCO2. The summed E-state index contributed by atoms with van der Waals surface area (Å²) in [6.45, 7) is 3.39. The summed E-state index contributed by atoms with van der Waals surface area (Å²) in [7, 11) is 0. The molecule has 1 unspecified atom stereocenters. The molecular formula is C15H21NO2. The first-order valence-corrected chi connectivity index (χ1v) is 6.91. The highest BCUT2D eigenvalue weighted by molar-refractivity contribution is 5.48. The van der Waals surface area contributed by atoms with E-state index in [1.54, 1.807) is 0 Å². The molecule has 1 atom stereocenters. The van der Waals surface area contributed by atoms with Gasteiger partial charge in [0.05, 0.1) is 0 Å². The average Bonchev–Trinajstić information content (AvgIpc) is 2.91. The van der Waals surface area contributed by atoms with Crippen LogP contribution in [0.3, 0.4) is 0 Å². The monoisotopic (exact) mass is 247 g/mol. The number of hydrogen-bond acceptors (Lipinski definition) is 3. The van der Waals surface area contributed by atoms with Crippen LogP contribution in [-0.4, -0.2) is 13.2 Å². The lowest BCUT2D eigenvalue weighted by atomic mass is 9.89. The van der Waals surface area contributed by atoms with Gasteiger partial charge in [0.2, 0.25) is 0 Å². The van der Waals surface area contributed by atoms with Crippen LogP contribution in [0.1, 0.15) is 42.9 Å². The molecule has 2 aliphatic rings. The van der Waals surface area contributed by atoms with Gasteiger partial charge >= 0.3 is 0 Å². The molecule has 1 heterocycles. The van der Waals surface area contributed by atoms with E-state index in [1.807, 2.05) is 0 Å². The van der Waals surface area contributed by atoms with Crippen LogP contribution >= 0.6 is 0 Å². The zero-order chi connectivity index (χ0) is 12.5. The second kappa shape index (κ2) is 4.81. The molecule has 3 heteroatoms. The first-order chi connectivity index (χ1) is 8.75. The second-order valence-corrected chi connectivity index (χ2v) is 5.42. The molecule has 18 heavy (non-hydrogen) atoms. The van der Waals surface area contributed by atoms with E-state index >= 15 is 0 Å². The summed E-state index contributed by atoms with van der Waals surface area (Å²) in [6, 6.07) is 4.30. The lowest BCUT2D eigenvalue weighted by molar-refractivity contribution is 0.171. The third-order valence-corrected chi connectivity index (χ3v) is 4.20. The van der Waals surface area contributed by atoms with Gasteiger partial charge in [-0.3, -0.25) is 0 Å². The Labute approximate surface area is 108 Å². The Hall–Kier alpha value is -1.22. The molecular weight excluding hydrogens is 226 g/mol. The van der Waals surface area contributed by atoms with Gasteiger partial charge in [0.15, 0.2) is 11.5 Å². The van der Waals surface area contributed by atoms with Crippen molar-refractivity contribution >= 4 is 0 Å². The molecule has 1 fully saturated rings. The Morgan fingerprint density at radius 1 is 1.11 bits per heavy atom. The lowest BCUT2D eigenvalue weighted by Gasteiger charge is -2.25. The van der Waals surface area contributed by atoms with Crippen LogP contribution in [0.2, 0.25) is 0 Å². The topological polar surface area (TPSA) is 44.5 Å². The molecule has 1 saturated carbocycles. The summed E-state index contributed by atoms with van der Waals surface area (Å²) in [4.78, 5) is 0. The van der Waals surface area contributed by atoms with Gasteiger partial charge < -0.3 is 15.2 Å². The van der Waals surface area contributed by atoms with Crippen LogP contribution in [0, 0.1) is 12.8 Å². The Morgan fingerprint density at radius 3 is 2.39 bits per heavy atom. The van der Waals surface area contributed by atoms with Crippen molar-refractivity contribution in [3.8, 4) is 11.5 Å². The summed E-state index contributed by atoms with van der Waals surface area (Å²) >= 11 is 0. The molecule has 3 nitrogen and oxygen atoms in total. The van der Waals surface area contributed by atoms with Gasteiger partial charge in [0.25, 0.3) is 0 Å². The minimum absolute atomic E-state index is 0.142. The van der Waals surface area contributed by atoms with Gasteiger partial charge in [-0.15, -0.1) is 0 Å². The summed E-state index contributed by atoms with van der Waals surface area (Å²) in [6.07, 6.45) is 5.16. The Bertz CT molecular complexity index is 438. The van der Waals surface area contributed by atoms with Crippen molar-refractivity contribution in [2.24, 2.45) is 11.7 Å². The maximum atomic E-state index is 6.44. The summed E-state index contributed by atoms with van der Waals surface area (Å²) in [5.74, 6) is 2.35. The fourth-order valence-corrected chi connectivity index (χ4v) is 3.14. The second-order valence-electron chi connectivity index (χ2n) is 5.42. The van der Waals surface area contributed by atoms with Crippen LogP contribution in [0.25, 0.3) is 0 Å². The predicted molar refractivity (Wildman–Crippen MR) is 71.1 cm³/mol. The lowest BCUT2D eigenvalue weighted by Crippen LogP contribution is -2.21. The molecule has 0 spiro atoms. The number of fused-ring (bicyclic) bond motifs is 1. The maximum absolute atomic E-state index is 6.44. The first-order valence-electron chi connectivity index (χ1n) is 6.91. The fraction of sp³-hybridized carbons (Fsp3) is 0.600. The number of benzene rings is 1. The van der Waals surface area contributed by atoms with Crippen LogP contribution in [-0.2, 0) is 0 Å². The third-order valence-electron chi connectivity index (χ3n) is 4.20. The molecule has 1 aliphatic carbocycles. The number of ether oxygens (including phenoxy) is 2. The predicted octanol–water partition coefficient (Wildman–Crippen LogP) is 2.96. The standard InChI is InChI=1S/C15H21NO2/c1-10-8-13-14(18-7-6-17-13)9-12(10)15(16)11-4-2-3-5-11/h8-9,11,15H,2-7,16H2,1H3. The zero-order valence-corrected chi connectivity index (χ0v) is 10.9. The highest BCUT2D eigenvalue weighted by Gasteiger charge is 2.26. The van der Waals surface area contributed by atoms with E-state index in [0.29, 0.717) is 19.1 Å². The van der Waals surface area contributed by atoms with Crippen molar-refractivity contribution < 1.29 is 9.47 Å². The van der Waals surface area contributed by atoms with E-state index in [1.165, 1.54) is 36.8 Å². The van der Waals surface area contributed by atoms with Crippen molar-refractivity contribution in [1.82, 2.24) is 0 Å². The average molecular weight is 247 g/mol. The molecule has 2 N–H and O–H groups in total. The Kier molecular flexibility index (Phi) is 3.16. The molecule has 1 aromatic rings. The number of rotatable bonds is 2. The highest BCUT2D eigenvalue weighted by Crippen LogP contribution is 2.39. The molecule has 0 radical (unpaired) electrons. The fourth-order valence-electron chi connectivity index (χ4n) is 3.14. The number of aryl methyl sites for hydroxylation is 1. The van der Waals surface area contributed by atoms with Crippen molar-refractivity contribution in [3.63, 3.8) is 0 Å². The molecule has 0 bridgehead atoms. The summed E-state index contributed by atoms with van der Waals surface area (Å²) < 4.78 is 11.3. The molecule has 98 valence electrons. The van der Waals surface area contributed by atoms with Crippen molar-refractivity contribution in [2.75, 3.05) is 13.2 Å². The first kappa shape index (κ1) is 11.8. The molecule has 3 rings (SSSR count). The smallest absolute Gasteiger partial charge is 0.161 e. The number of nitrogens with two attached hydrogens (primary N) is 1. The van der Waals surface area contributed by atoms with Gasteiger partial charge in [-0.25, -0.2) is 0 Å². The Morgan fingerprint density at radius 2 is 1.72 bits per heavy atom. The highest BCUT2D eigenvalue weighted by atomic mass is 16.6. The third kappa shape index (κ3) is 2.07. The summed E-state index contributed by atoms with van der Waals surface area (Å²) in [5, 5.41) is 0. The summed E-state index contributed by atoms with van der Waals surface area (Å²) in [5.41, 5.74) is 8.89. The maximum Gasteiger partial charge on any atom is 0.161 e. The van der Waals surface area contributed by atoms with Crippen LogP contribution in [0.5, 0.6) is 11.5 Å². The van der Waals surface area contributed by atoms with Crippen LogP contribution in [0.4, 0.5) is 0 Å². The van der Waals surface area contributed by atoms with Crippen molar-refractivity contribution in [1.29, 1.82) is 0 Å². The molecule has 0 aromatic heterocycles. The zero-order valence-electron chi connectivity index (χ0n) is 10.9. The van der Waals surface area contributed by atoms with E-state index < -0.39 is 0 Å². The van der Waals surface area contributed by atoms with Crippen molar-refractivity contribution in [2.45, 2.75) is 38.6 Å². The van der Waals surface area contributed by atoms with Crippen LogP contribution < -0.4 is 15.2 Å². The molecule has 1 aliphatic heterocycles. The van der Waals surface area contributed by atoms with E-state index in [9.17, 15) is 0 Å². The van der Waals surface area contributed by atoms with Gasteiger partial charge in [-0.1, -0.05) is 12.8 Å². The van der Waals surface area contributed by atoms with Crippen molar-refractivity contribution in [3.05, 3.63) is 23.3 Å².